The highest BCUT2D eigenvalue weighted by molar-refractivity contribution is 5.80. The molecule has 19 heavy (non-hydrogen) atoms. The van der Waals surface area contributed by atoms with E-state index in [1.165, 1.54) is 0 Å². The Morgan fingerprint density at radius 3 is 2.63 bits per heavy atom. The molecule has 1 heterocycles. The van der Waals surface area contributed by atoms with Crippen molar-refractivity contribution in [1.82, 2.24) is 4.98 Å². The number of fused-ring (bicyclic) bond motifs is 1. The van der Waals surface area contributed by atoms with Crippen molar-refractivity contribution in [3.63, 3.8) is 0 Å². The third kappa shape index (κ3) is 3.67. The molecular formula is C16H22N2O. The van der Waals surface area contributed by atoms with Crippen LogP contribution < -0.4 is 10.5 Å². The van der Waals surface area contributed by atoms with Gasteiger partial charge >= 0.3 is 0 Å². The Morgan fingerprint density at radius 1 is 1.16 bits per heavy atom. The molecule has 3 heteroatoms. The Kier molecular flexibility index (Phi) is 4.38. The fourth-order valence-corrected chi connectivity index (χ4v) is 2.05. The maximum Gasteiger partial charge on any atom is 0.120 e. The highest BCUT2D eigenvalue weighted by Gasteiger charge is 2.05. The molecule has 102 valence electrons. The van der Waals surface area contributed by atoms with Crippen LogP contribution in [0.5, 0.6) is 5.75 Å². The molecule has 0 spiro atoms. The van der Waals surface area contributed by atoms with Crippen LogP contribution >= 0.6 is 0 Å². The zero-order chi connectivity index (χ0) is 13.8. The van der Waals surface area contributed by atoms with E-state index in [2.05, 4.69) is 24.0 Å². The van der Waals surface area contributed by atoms with Crippen LogP contribution in [0.25, 0.3) is 10.9 Å². The van der Waals surface area contributed by atoms with E-state index in [9.17, 15) is 0 Å². The van der Waals surface area contributed by atoms with Gasteiger partial charge in [0.25, 0.3) is 0 Å². The largest absolute Gasteiger partial charge is 0.491 e. The van der Waals surface area contributed by atoms with Crippen LogP contribution in [0.2, 0.25) is 0 Å². The number of nitrogens with zero attached hydrogens (tertiary/aromatic N) is 1. The SMILES string of the molecule is CC(CN)Cc1ccc2cc(OC(C)C)ccc2n1. The minimum absolute atomic E-state index is 0.190. The molecule has 0 saturated carbocycles. The van der Waals surface area contributed by atoms with Gasteiger partial charge in [-0.2, -0.15) is 0 Å². The lowest BCUT2D eigenvalue weighted by molar-refractivity contribution is 0.243. The Labute approximate surface area is 114 Å². The van der Waals surface area contributed by atoms with E-state index in [4.69, 9.17) is 10.5 Å². The summed E-state index contributed by atoms with van der Waals surface area (Å²) in [6.07, 6.45) is 1.12. The minimum Gasteiger partial charge on any atom is -0.491 e. The number of nitrogens with two attached hydrogens (primary N) is 1. The van der Waals surface area contributed by atoms with Crippen molar-refractivity contribution < 1.29 is 4.74 Å². The Balaban J connectivity index is 2.24. The Hall–Kier alpha value is -1.61. The van der Waals surface area contributed by atoms with Crippen molar-refractivity contribution >= 4 is 10.9 Å². The second-order valence-electron chi connectivity index (χ2n) is 5.37. The zero-order valence-electron chi connectivity index (χ0n) is 11.9. The van der Waals surface area contributed by atoms with Crippen molar-refractivity contribution in [3.05, 3.63) is 36.0 Å². The molecule has 0 aliphatic carbocycles. The van der Waals surface area contributed by atoms with Gasteiger partial charge in [-0.15, -0.1) is 0 Å². The van der Waals surface area contributed by atoms with Crippen molar-refractivity contribution in [3.8, 4) is 5.75 Å². The van der Waals surface area contributed by atoms with Gasteiger partial charge < -0.3 is 10.5 Å². The Morgan fingerprint density at radius 2 is 1.95 bits per heavy atom. The van der Waals surface area contributed by atoms with Gasteiger partial charge in [0, 0.05) is 11.1 Å². The van der Waals surface area contributed by atoms with Gasteiger partial charge in [-0.25, -0.2) is 0 Å². The first-order valence-corrected chi connectivity index (χ1v) is 6.85. The van der Waals surface area contributed by atoms with Crippen LogP contribution in [0.4, 0.5) is 0 Å². The Bertz CT molecular complexity index is 551. The van der Waals surface area contributed by atoms with E-state index < -0.39 is 0 Å². The highest BCUT2D eigenvalue weighted by Crippen LogP contribution is 2.21. The van der Waals surface area contributed by atoms with Gasteiger partial charge in [0.15, 0.2) is 0 Å². The van der Waals surface area contributed by atoms with Crippen LogP contribution in [0, 0.1) is 5.92 Å². The molecule has 1 aromatic carbocycles. The molecule has 1 unspecified atom stereocenters. The lowest BCUT2D eigenvalue weighted by atomic mass is 10.0. The average Bonchev–Trinajstić information content (AvgIpc) is 2.38. The van der Waals surface area contributed by atoms with Gasteiger partial charge in [-0.3, -0.25) is 4.98 Å². The lowest BCUT2D eigenvalue weighted by Crippen LogP contribution is -2.13. The molecule has 1 atom stereocenters. The number of aromatic nitrogens is 1. The van der Waals surface area contributed by atoms with E-state index in [0.29, 0.717) is 12.5 Å². The summed E-state index contributed by atoms with van der Waals surface area (Å²) in [5.74, 6) is 1.36. The molecule has 1 aromatic heterocycles. The molecule has 0 bridgehead atoms. The van der Waals surface area contributed by atoms with Crippen LogP contribution in [0.3, 0.4) is 0 Å². The molecule has 0 radical (unpaired) electrons. The number of hydrogen-bond donors (Lipinski definition) is 1. The van der Waals surface area contributed by atoms with Gasteiger partial charge in [-0.05, 0) is 57.0 Å². The normalized spacial score (nSPS) is 12.9. The first kappa shape index (κ1) is 13.8. The number of rotatable bonds is 5. The number of benzene rings is 1. The molecule has 2 rings (SSSR count). The molecule has 0 fully saturated rings. The van der Waals surface area contributed by atoms with Crippen LogP contribution in [-0.4, -0.2) is 17.6 Å². The summed E-state index contributed by atoms with van der Waals surface area (Å²) >= 11 is 0. The second-order valence-corrected chi connectivity index (χ2v) is 5.37. The number of hydrogen-bond acceptors (Lipinski definition) is 3. The van der Waals surface area contributed by atoms with E-state index in [1.807, 2.05) is 32.0 Å². The van der Waals surface area contributed by atoms with E-state index in [1.54, 1.807) is 0 Å². The van der Waals surface area contributed by atoms with Gasteiger partial charge in [0.05, 0.1) is 11.6 Å². The molecule has 0 amide bonds. The van der Waals surface area contributed by atoms with E-state index in [-0.39, 0.29) is 6.10 Å². The third-order valence-corrected chi connectivity index (χ3v) is 3.05. The molecule has 2 N–H and O–H groups in total. The smallest absolute Gasteiger partial charge is 0.120 e. The highest BCUT2D eigenvalue weighted by atomic mass is 16.5. The maximum absolute atomic E-state index is 5.69. The van der Waals surface area contributed by atoms with Crippen LogP contribution in [-0.2, 0) is 6.42 Å². The van der Waals surface area contributed by atoms with Crippen molar-refractivity contribution in [1.29, 1.82) is 0 Å². The topological polar surface area (TPSA) is 48.1 Å². The first-order chi connectivity index (χ1) is 9.08. The van der Waals surface area contributed by atoms with Crippen LogP contribution in [0.15, 0.2) is 30.3 Å². The minimum atomic E-state index is 0.190. The van der Waals surface area contributed by atoms with Crippen molar-refractivity contribution in [2.24, 2.45) is 11.7 Å². The van der Waals surface area contributed by atoms with Gasteiger partial charge in [0.1, 0.15) is 5.75 Å². The summed E-state index contributed by atoms with van der Waals surface area (Å²) < 4.78 is 5.69. The fraction of sp³-hybridized carbons (Fsp3) is 0.438. The summed E-state index contributed by atoms with van der Waals surface area (Å²) in [6.45, 7) is 6.89. The monoisotopic (exact) mass is 258 g/mol. The summed E-state index contributed by atoms with van der Waals surface area (Å²) in [5, 5.41) is 1.11. The predicted molar refractivity (Wildman–Crippen MR) is 79.4 cm³/mol. The average molecular weight is 258 g/mol. The van der Waals surface area contributed by atoms with Crippen LogP contribution in [0.1, 0.15) is 26.5 Å². The molecule has 0 aliphatic rings. The molecule has 2 aromatic rings. The standard InChI is InChI=1S/C16H22N2O/c1-11(2)19-15-6-7-16-13(9-15)4-5-14(18-16)8-12(3)10-17/h4-7,9,11-12H,8,10,17H2,1-3H3. The second kappa shape index (κ2) is 6.02. The van der Waals surface area contributed by atoms with Crippen molar-refractivity contribution in [2.75, 3.05) is 6.54 Å². The number of ether oxygens (including phenoxy) is 1. The summed E-state index contributed by atoms with van der Waals surface area (Å²) in [7, 11) is 0. The molecule has 0 aliphatic heterocycles. The maximum atomic E-state index is 5.69. The molecular weight excluding hydrogens is 236 g/mol. The summed E-state index contributed by atoms with van der Waals surface area (Å²) in [6, 6.07) is 10.2. The van der Waals surface area contributed by atoms with Crippen molar-refractivity contribution in [2.45, 2.75) is 33.3 Å². The first-order valence-electron chi connectivity index (χ1n) is 6.85. The molecule has 3 nitrogen and oxygen atoms in total. The van der Waals surface area contributed by atoms with E-state index >= 15 is 0 Å². The van der Waals surface area contributed by atoms with Gasteiger partial charge in [0.2, 0.25) is 0 Å². The molecule has 0 saturated heterocycles. The van der Waals surface area contributed by atoms with Gasteiger partial charge in [-0.1, -0.05) is 13.0 Å². The fourth-order valence-electron chi connectivity index (χ4n) is 2.05. The number of pyridine rings is 1. The summed E-state index contributed by atoms with van der Waals surface area (Å²) in [4.78, 5) is 4.67. The zero-order valence-corrected chi connectivity index (χ0v) is 11.9. The third-order valence-electron chi connectivity index (χ3n) is 3.05. The predicted octanol–water partition coefficient (Wildman–Crippen LogP) is 3.16. The van der Waals surface area contributed by atoms with E-state index in [0.717, 1.165) is 28.8 Å². The quantitative estimate of drug-likeness (QED) is 0.896. The summed E-state index contributed by atoms with van der Waals surface area (Å²) in [5.41, 5.74) is 7.77. The lowest BCUT2D eigenvalue weighted by Gasteiger charge is -2.11.